The number of benzene rings is 1. The lowest BCUT2D eigenvalue weighted by molar-refractivity contribution is -0.147. The van der Waals surface area contributed by atoms with Crippen LogP contribution in [0.1, 0.15) is 12.8 Å². The minimum absolute atomic E-state index is 0.00682. The Morgan fingerprint density at radius 2 is 1.96 bits per heavy atom. The summed E-state index contributed by atoms with van der Waals surface area (Å²) < 4.78 is 9.87. The maximum atomic E-state index is 11.7. The maximum Gasteiger partial charge on any atom is 0.324 e. The van der Waals surface area contributed by atoms with E-state index >= 15 is 0 Å². The van der Waals surface area contributed by atoms with E-state index < -0.39 is 24.5 Å². The fourth-order valence-electron chi connectivity index (χ4n) is 2.15. The molecular weight excluding hydrogens is 330 g/mol. The SMILES string of the molecule is COc1ccc(NC(=O)COC(=O)CCCN2C(=O)CNC2=O)cc1. The summed E-state index contributed by atoms with van der Waals surface area (Å²) in [5.41, 5.74) is 0.556. The number of ether oxygens (including phenoxy) is 2. The van der Waals surface area contributed by atoms with Gasteiger partial charge in [0.1, 0.15) is 5.75 Å². The van der Waals surface area contributed by atoms with Crippen LogP contribution >= 0.6 is 0 Å². The van der Waals surface area contributed by atoms with Crippen molar-refractivity contribution >= 4 is 29.5 Å². The quantitative estimate of drug-likeness (QED) is 0.522. The highest BCUT2D eigenvalue weighted by atomic mass is 16.5. The van der Waals surface area contributed by atoms with E-state index in [1.54, 1.807) is 31.4 Å². The van der Waals surface area contributed by atoms with Gasteiger partial charge in [-0.1, -0.05) is 0 Å². The first-order chi connectivity index (χ1) is 12.0. The number of hydrogen-bond acceptors (Lipinski definition) is 6. The molecule has 1 fully saturated rings. The van der Waals surface area contributed by atoms with Crippen LogP contribution in [-0.2, 0) is 19.1 Å². The Morgan fingerprint density at radius 3 is 2.56 bits per heavy atom. The molecule has 0 aliphatic carbocycles. The van der Waals surface area contributed by atoms with E-state index in [9.17, 15) is 19.2 Å². The molecule has 2 N–H and O–H groups in total. The van der Waals surface area contributed by atoms with Crippen molar-refractivity contribution in [3.63, 3.8) is 0 Å². The molecule has 2 rings (SSSR count). The highest BCUT2D eigenvalue weighted by Gasteiger charge is 2.27. The molecule has 0 radical (unpaired) electrons. The van der Waals surface area contributed by atoms with Crippen molar-refractivity contribution in [3.8, 4) is 5.75 Å². The highest BCUT2D eigenvalue weighted by Crippen LogP contribution is 2.14. The Morgan fingerprint density at radius 1 is 1.24 bits per heavy atom. The Balaban J connectivity index is 1.64. The fourth-order valence-corrected chi connectivity index (χ4v) is 2.15. The number of nitrogens with one attached hydrogen (secondary N) is 2. The Bertz CT molecular complexity index is 642. The molecule has 0 aromatic heterocycles. The summed E-state index contributed by atoms with van der Waals surface area (Å²) >= 11 is 0. The lowest BCUT2D eigenvalue weighted by atomic mass is 10.3. The van der Waals surface area contributed by atoms with E-state index in [0.717, 1.165) is 4.90 Å². The summed E-state index contributed by atoms with van der Waals surface area (Å²) in [5, 5.41) is 4.97. The second kappa shape index (κ2) is 8.67. The van der Waals surface area contributed by atoms with Gasteiger partial charge in [-0.15, -0.1) is 0 Å². The Kier molecular flexibility index (Phi) is 6.33. The maximum absolute atomic E-state index is 11.7. The van der Waals surface area contributed by atoms with Crippen LogP contribution < -0.4 is 15.4 Å². The molecule has 0 saturated carbocycles. The van der Waals surface area contributed by atoms with E-state index in [-0.39, 0.29) is 31.8 Å². The molecule has 9 heteroatoms. The smallest absolute Gasteiger partial charge is 0.324 e. The first kappa shape index (κ1) is 18.2. The van der Waals surface area contributed by atoms with E-state index in [1.165, 1.54) is 0 Å². The molecule has 0 spiro atoms. The first-order valence-corrected chi connectivity index (χ1v) is 7.67. The second-order valence-corrected chi connectivity index (χ2v) is 5.24. The average Bonchev–Trinajstić information content (AvgIpc) is 2.92. The number of nitrogens with zero attached hydrogens (tertiary/aromatic N) is 1. The highest BCUT2D eigenvalue weighted by molar-refractivity contribution is 6.01. The normalized spacial score (nSPS) is 13.4. The summed E-state index contributed by atoms with van der Waals surface area (Å²) in [4.78, 5) is 47.0. The molecule has 1 saturated heterocycles. The lowest BCUT2D eigenvalue weighted by Crippen LogP contribution is -2.32. The summed E-state index contributed by atoms with van der Waals surface area (Å²) in [6.45, 7) is -0.291. The number of anilines is 1. The molecule has 0 unspecified atom stereocenters. The third kappa shape index (κ3) is 5.48. The van der Waals surface area contributed by atoms with Crippen molar-refractivity contribution < 1.29 is 28.7 Å². The van der Waals surface area contributed by atoms with E-state index in [1.807, 2.05) is 0 Å². The molecule has 4 amide bonds. The van der Waals surface area contributed by atoms with Crippen molar-refractivity contribution in [1.82, 2.24) is 10.2 Å². The van der Waals surface area contributed by atoms with Gasteiger partial charge in [0.2, 0.25) is 5.91 Å². The van der Waals surface area contributed by atoms with Gasteiger partial charge >= 0.3 is 12.0 Å². The van der Waals surface area contributed by atoms with Gasteiger partial charge < -0.3 is 20.1 Å². The van der Waals surface area contributed by atoms with Crippen molar-refractivity contribution in [3.05, 3.63) is 24.3 Å². The Hall–Kier alpha value is -3.10. The van der Waals surface area contributed by atoms with Gasteiger partial charge in [0.15, 0.2) is 6.61 Å². The van der Waals surface area contributed by atoms with Crippen LogP contribution in [0.3, 0.4) is 0 Å². The zero-order chi connectivity index (χ0) is 18.2. The first-order valence-electron chi connectivity index (χ1n) is 7.67. The molecular formula is C16H19N3O6. The summed E-state index contributed by atoms with van der Waals surface area (Å²) in [6, 6.07) is 6.25. The monoisotopic (exact) mass is 349 g/mol. The molecule has 134 valence electrons. The van der Waals surface area contributed by atoms with Gasteiger partial charge in [-0.2, -0.15) is 0 Å². The third-order valence-electron chi connectivity index (χ3n) is 3.44. The molecule has 1 heterocycles. The number of amides is 4. The topological polar surface area (TPSA) is 114 Å². The molecule has 1 aromatic carbocycles. The zero-order valence-electron chi connectivity index (χ0n) is 13.7. The molecule has 1 aliphatic rings. The van der Waals surface area contributed by atoms with Gasteiger partial charge in [0.05, 0.1) is 13.7 Å². The Labute approximate surface area is 144 Å². The number of methoxy groups -OCH3 is 1. The van der Waals surface area contributed by atoms with Crippen LogP contribution in [0, 0.1) is 0 Å². The summed E-state index contributed by atoms with van der Waals surface area (Å²) in [6.07, 6.45) is 0.283. The van der Waals surface area contributed by atoms with Crippen LogP contribution in [0.4, 0.5) is 10.5 Å². The molecule has 25 heavy (non-hydrogen) atoms. The summed E-state index contributed by atoms with van der Waals surface area (Å²) in [5.74, 6) is -0.698. The standard InChI is InChI=1S/C16H19N3O6/c1-24-12-6-4-11(5-7-12)18-13(20)10-25-15(22)3-2-8-19-14(21)9-17-16(19)23/h4-7H,2-3,8-10H2,1H3,(H,17,23)(H,18,20). The van der Waals surface area contributed by atoms with Gasteiger partial charge in [-0.05, 0) is 30.7 Å². The van der Waals surface area contributed by atoms with Crippen LogP contribution in [-0.4, -0.2) is 55.5 Å². The minimum Gasteiger partial charge on any atom is -0.497 e. The van der Waals surface area contributed by atoms with E-state index in [0.29, 0.717) is 11.4 Å². The number of carbonyl (C=O) groups excluding carboxylic acids is 4. The van der Waals surface area contributed by atoms with Gasteiger partial charge in [-0.3, -0.25) is 19.3 Å². The molecule has 9 nitrogen and oxygen atoms in total. The van der Waals surface area contributed by atoms with Gasteiger partial charge in [0, 0.05) is 18.7 Å². The third-order valence-corrected chi connectivity index (χ3v) is 3.44. The number of rotatable bonds is 8. The number of imide groups is 1. The summed E-state index contributed by atoms with van der Waals surface area (Å²) in [7, 11) is 1.54. The van der Waals surface area contributed by atoms with Crippen molar-refractivity contribution in [2.75, 3.05) is 32.1 Å². The van der Waals surface area contributed by atoms with Gasteiger partial charge in [0.25, 0.3) is 5.91 Å². The molecule has 1 aliphatic heterocycles. The number of carbonyl (C=O) groups is 4. The average molecular weight is 349 g/mol. The predicted molar refractivity (Wildman–Crippen MR) is 86.9 cm³/mol. The van der Waals surface area contributed by atoms with Crippen LogP contribution in [0.5, 0.6) is 5.75 Å². The predicted octanol–water partition coefficient (Wildman–Crippen LogP) is 0.509. The molecule has 0 atom stereocenters. The lowest BCUT2D eigenvalue weighted by Gasteiger charge is -2.11. The number of urea groups is 1. The van der Waals surface area contributed by atoms with E-state index in [2.05, 4.69) is 10.6 Å². The second-order valence-electron chi connectivity index (χ2n) is 5.24. The van der Waals surface area contributed by atoms with Crippen molar-refractivity contribution in [2.45, 2.75) is 12.8 Å². The minimum atomic E-state index is -0.572. The zero-order valence-corrected chi connectivity index (χ0v) is 13.7. The van der Waals surface area contributed by atoms with Crippen LogP contribution in [0.25, 0.3) is 0 Å². The largest absolute Gasteiger partial charge is 0.497 e. The number of esters is 1. The van der Waals surface area contributed by atoms with Crippen molar-refractivity contribution in [2.24, 2.45) is 0 Å². The fraction of sp³-hybridized carbons (Fsp3) is 0.375. The molecule has 1 aromatic rings. The van der Waals surface area contributed by atoms with Crippen molar-refractivity contribution in [1.29, 1.82) is 0 Å². The van der Waals surface area contributed by atoms with E-state index in [4.69, 9.17) is 9.47 Å². The molecule has 0 bridgehead atoms. The number of hydrogen-bond donors (Lipinski definition) is 2. The van der Waals surface area contributed by atoms with Crippen LogP contribution in [0.2, 0.25) is 0 Å². The van der Waals surface area contributed by atoms with Gasteiger partial charge in [-0.25, -0.2) is 4.79 Å². The van der Waals surface area contributed by atoms with Crippen LogP contribution in [0.15, 0.2) is 24.3 Å².